The van der Waals surface area contributed by atoms with Gasteiger partial charge in [-0.1, -0.05) is 6.07 Å². The molecule has 7 nitrogen and oxygen atoms in total. The molecule has 2 amide bonds. The molecule has 0 aromatic carbocycles. The van der Waals surface area contributed by atoms with Crippen molar-refractivity contribution in [1.82, 2.24) is 9.88 Å². The summed E-state index contributed by atoms with van der Waals surface area (Å²) < 4.78 is 0. The normalized spacial score (nSPS) is 9.84. The average Bonchev–Trinajstić information content (AvgIpc) is 2.36. The van der Waals surface area contributed by atoms with E-state index in [1.54, 1.807) is 12.1 Å². The molecule has 0 saturated carbocycles. The van der Waals surface area contributed by atoms with Crippen LogP contribution in [0.1, 0.15) is 6.42 Å². The predicted molar refractivity (Wildman–Crippen MR) is 72.5 cm³/mol. The Balaban J connectivity index is 2.61. The van der Waals surface area contributed by atoms with Crippen LogP contribution in [0.3, 0.4) is 0 Å². The Morgan fingerprint density at radius 2 is 2.00 bits per heavy atom. The molecule has 0 radical (unpaired) electrons. The van der Waals surface area contributed by atoms with Crippen LogP contribution >= 0.6 is 0 Å². The van der Waals surface area contributed by atoms with Crippen molar-refractivity contribution < 1.29 is 14.7 Å². The van der Waals surface area contributed by atoms with Crippen molar-refractivity contribution in [2.24, 2.45) is 0 Å². The molecule has 7 heteroatoms. The van der Waals surface area contributed by atoms with E-state index in [4.69, 9.17) is 5.11 Å². The van der Waals surface area contributed by atoms with Crippen LogP contribution in [0.15, 0.2) is 18.2 Å². The Morgan fingerprint density at radius 1 is 1.32 bits per heavy atom. The van der Waals surface area contributed by atoms with Gasteiger partial charge in [0.15, 0.2) is 0 Å². The average molecular weight is 266 g/mol. The van der Waals surface area contributed by atoms with E-state index < -0.39 is 5.97 Å². The number of rotatable bonds is 5. The minimum absolute atomic E-state index is 0.0882. The summed E-state index contributed by atoms with van der Waals surface area (Å²) in [5, 5.41) is 11.2. The van der Waals surface area contributed by atoms with Gasteiger partial charge in [-0.05, 0) is 12.1 Å². The number of pyridine rings is 1. The summed E-state index contributed by atoms with van der Waals surface area (Å²) in [7, 11) is 5.24. The minimum Gasteiger partial charge on any atom is -0.481 e. The van der Waals surface area contributed by atoms with Gasteiger partial charge in [-0.2, -0.15) is 0 Å². The highest BCUT2D eigenvalue weighted by molar-refractivity contribution is 5.88. The van der Waals surface area contributed by atoms with Crippen LogP contribution < -0.4 is 10.2 Å². The van der Waals surface area contributed by atoms with Gasteiger partial charge in [-0.15, -0.1) is 0 Å². The molecule has 0 aliphatic rings. The lowest BCUT2D eigenvalue weighted by Gasteiger charge is -2.17. The van der Waals surface area contributed by atoms with Gasteiger partial charge in [0.05, 0.1) is 6.42 Å². The molecule has 0 spiro atoms. The third-order valence-electron chi connectivity index (χ3n) is 2.44. The van der Waals surface area contributed by atoms with Crippen molar-refractivity contribution in [3.05, 3.63) is 18.2 Å². The second-order valence-electron chi connectivity index (χ2n) is 4.27. The number of carboxylic acids is 1. The van der Waals surface area contributed by atoms with Crippen molar-refractivity contribution in [2.75, 3.05) is 37.9 Å². The molecule has 0 saturated heterocycles. The molecule has 0 aliphatic carbocycles. The van der Waals surface area contributed by atoms with Gasteiger partial charge < -0.3 is 14.9 Å². The van der Waals surface area contributed by atoms with Gasteiger partial charge >= 0.3 is 12.0 Å². The minimum atomic E-state index is -0.938. The number of carbonyl (C=O) groups is 2. The Bertz CT molecular complexity index is 462. The molecule has 0 unspecified atom stereocenters. The smallest absolute Gasteiger partial charge is 0.322 e. The van der Waals surface area contributed by atoms with E-state index in [9.17, 15) is 9.59 Å². The maximum atomic E-state index is 11.8. The fourth-order valence-electron chi connectivity index (χ4n) is 1.31. The highest BCUT2D eigenvalue weighted by Crippen LogP contribution is 2.11. The highest BCUT2D eigenvalue weighted by atomic mass is 16.4. The van der Waals surface area contributed by atoms with Crippen LogP contribution in [0.4, 0.5) is 16.4 Å². The van der Waals surface area contributed by atoms with Crippen LogP contribution in [0.5, 0.6) is 0 Å². The number of amides is 2. The van der Waals surface area contributed by atoms with Gasteiger partial charge in [0.25, 0.3) is 0 Å². The first kappa shape index (κ1) is 14.7. The fourth-order valence-corrected chi connectivity index (χ4v) is 1.31. The number of aliphatic carboxylic acids is 1. The molecule has 1 aromatic rings. The molecule has 1 heterocycles. The summed E-state index contributed by atoms with van der Waals surface area (Å²) in [4.78, 5) is 29.6. The van der Waals surface area contributed by atoms with Gasteiger partial charge in [-0.25, -0.2) is 9.78 Å². The van der Waals surface area contributed by atoms with E-state index in [1.165, 1.54) is 11.9 Å². The topological polar surface area (TPSA) is 85.8 Å². The number of carboxylic acid groups (broad SMARTS) is 1. The first-order chi connectivity index (χ1) is 8.90. The lowest BCUT2D eigenvalue weighted by Crippen LogP contribution is -2.33. The summed E-state index contributed by atoms with van der Waals surface area (Å²) in [6.45, 7) is 0.147. The van der Waals surface area contributed by atoms with E-state index in [1.807, 2.05) is 25.1 Å². The van der Waals surface area contributed by atoms with E-state index in [0.29, 0.717) is 5.82 Å². The standard InChI is InChI=1S/C12H18N4O3/c1-15(2)10-6-4-5-9(13-10)14-12(19)16(3)8-7-11(17)18/h4-6H,7-8H2,1-3H3,(H,17,18)(H,13,14,19). The number of anilines is 2. The molecular formula is C12H18N4O3. The zero-order valence-corrected chi connectivity index (χ0v) is 11.3. The van der Waals surface area contributed by atoms with Gasteiger partial charge in [0.1, 0.15) is 11.6 Å². The van der Waals surface area contributed by atoms with Crippen LogP contribution in [0, 0.1) is 0 Å². The lowest BCUT2D eigenvalue weighted by atomic mass is 10.4. The van der Waals surface area contributed by atoms with Crippen molar-refractivity contribution >= 4 is 23.6 Å². The number of nitrogens with one attached hydrogen (secondary N) is 1. The molecule has 0 aliphatic heterocycles. The number of carbonyl (C=O) groups excluding carboxylic acids is 1. The van der Waals surface area contributed by atoms with Crippen LogP contribution in [0.2, 0.25) is 0 Å². The number of urea groups is 1. The Labute approximate surface area is 111 Å². The highest BCUT2D eigenvalue weighted by Gasteiger charge is 2.11. The van der Waals surface area contributed by atoms with E-state index in [2.05, 4.69) is 10.3 Å². The summed E-state index contributed by atoms with van der Waals surface area (Å²) in [5.74, 6) is 0.219. The Morgan fingerprint density at radius 3 is 2.58 bits per heavy atom. The fraction of sp³-hybridized carbons (Fsp3) is 0.417. The van der Waals surface area contributed by atoms with Gasteiger partial charge in [0, 0.05) is 27.7 Å². The maximum Gasteiger partial charge on any atom is 0.322 e. The third kappa shape index (κ3) is 4.82. The molecule has 0 fully saturated rings. The molecule has 19 heavy (non-hydrogen) atoms. The number of aromatic nitrogens is 1. The summed E-state index contributed by atoms with van der Waals surface area (Å²) in [6, 6.07) is 4.90. The van der Waals surface area contributed by atoms with E-state index in [0.717, 1.165) is 5.82 Å². The van der Waals surface area contributed by atoms with Crippen LogP contribution in [-0.4, -0.2) is 54.7 Å². The number of hydrogen-bond donors (Lipinski definition) is 2. The first-order valence-corrected chi connectivity index (χ1v) is 5.78. The maximum absolute atomic E-state index is 11.8. The zero-order chi connectivity index (χ0) is 14.4. The Hall–Kier alpha value is -2.31. The molecule has 1 aromatic heterocycles. The second-order valence-corrected chi connectivity index (χ2v) is 4.27. The van der Waals surface area contributed by atoms with E-state index in [-0.39, 0.29) is 19.0 Å². The third-order valence-corrected chi connectivity index (χ3v) is 2.44. The SMILES string of the molecule is CN(CCC(=O)O)C(=O)Nc1cccc(N(C)C)n1. The molecular weight excluding hydrogens is 248 g/mol. The lowest BCUT2D eigenvalue weighted by molar-refractivity contribution is -0.137. The summed E-state index contributed by atoms with van der Waals surface area (Å²) >= 11 is 0. The van der Waals surface area contributed by atoms with Crippen molar-refractivity contribution in [3.8, 4) is 0 Å². The largest absolute Gasteiger partial charge is 0.481 e. The predicted octanol–water partition coefficient (Wildman–Crippen LogP) is 1.09. The summed E-state index contributed by atoms with van der Waals surface area (Å²) in [6.07, 6.45) is -0.0882. The first-order valence-electron chi connectivity index (χ1n) is 5.78. The van der Waals surface area contributed by atoms with Crippen molar-refractivity contribution in [3.63, 3.8) is 0 Å². The number of nitrogens with zero attached hydrogens (tertiary/aromatic N) is 3. The molecule has 0 atom stereocenters. The number of hydrogen-bond acceptors (Lipinski definition) is 4. The molecule has 1 rings (SSSR count). The Kier molecular flexibility index (Phi) is 5.11. The summed E-state index contributed by atoms with van der Waals surface area (Å²) in [5.41, 5.74) is 0. The molecule has 104 valence electrons. The molecule has 2 N–H and O–H groups in total. The zero-order valence-electron chi connectivity index (χ0n) is 11.3. The van der Waals surface area contributed by atoms with Crippen LogP contribution in [-0.2, 0) is 4.79 Å². The van der Waals surface area contributed by atoms with Crippen molar-refractivity contribution in [1.29, 1.82) is 0 Å². The molecule has 0 bridgehead atoms. The second kappa shape index (κ2) is 6.58. The van der Waals surface area contributed by atoms with Crippen molar-refractivity contribution in [2.45, 2.75) is 6.42 Å². The van der Waals surface area contributed by atoms with Gasteiger partial charge in [-0.3, -0.25) is 10.1 Å². The van der Waals surface area contributed by atoms with Gasteiger partial charge in [0.2, 0.25) is 0 Å². The monoisotopic (exact) mass is 266 g/mol. The quantitative estimate of drug-likeness (QED) is 0.833. The van der Waals surface area contributed by atoms with E-state index >= 15 is 0 Å². The van der Waals surface area contributed by atoms with Crippen LogP contribution in [0.25, 0.3) is 0 Å².